The lowest BCUT2D eigenvalue weighted by molar-refractivity contribution is -0.117. The second-order valence-corrected chi connectivity index (χ2v) is 6.02. The minimum Gasteiger partial charge on any atom is -0.387 e. The molecule has 0 heterocycles. The van der Waals surface area contributed by atoms with E-state index in [1.54, 1.807) is 13.0 Å². The van der Waals surface area contributed by atoms with Crippen molar-refractivity contribution in [3.8, 4) is 0 Å². The zero-order chi connectivity index (χ0) is 17.7. The first kappa shape index (κ1) is 17.9. The van der Waals surface area contributed by atoms with Gasteiger partial charge in [-0.25, -0.2) is 4.39 Å². The molecule has 1 atom stereocenters. The van der Waals surface area contributed by atoms with Crippen molar-refractivity contribution in [2.24, 2.45) is 5.73 Å². The SMILES string of the molecule is Cc1cccc(N(CCC(N)=O)CC(O)c2ccc(F)cc2C)c1. The third-order valence-corrected chi connectivity index (χ3v) is 3.98. The van der Waals surface area contributed by atoms with Crippen molar-refractivity contribution in [2.45, 2.75) is 26.4 Å². The quantitative estimate of drug-likeness (QED) is 0.820. The second kappa shape index (κ2) is 7.93. The highest BCUT2D eigenvalue weighted by Gasteiger charge is 2.17. The topological polar surface area (TPSA) is 66.6 Å². The number of aliphatic hydroxyl groups excluding tert-OH is 1. The van der Waals surface area contributed by atoms with Gasteiger partial charge in [0.25, 0.3) is 0 Å². The summed E-state index contributed by atoms with van der Waals surface area (Å²) in [6.07, 6.45) is -0.595. The maximum atomic E-state index is 13.2. The van der Waals surface area contributed by atoms with Crippen LogP contribution in [0.1, 0.15) is 29.2 Å². The predicted octanol–water partition coefficient (Wildman–Crippen LogP) is 2.86. The van der Waals surface area contributed by atoms with Crippen LogP contribution in [-0.4, -0.2) is 24.1 Å². The first-order valence-electron chi connectivity index (χ1n) is 7.91. The van der Waals surface area contributed by atoms with Crippen LogP contribution < -0.4 is 10.6 Å². The summed E-state index contributed by atoms with van der Waals surface area (Å²) in [6.45, 7) is 4.46. The summed E-state index contributed by atoms with van der Waals surface area (Å²) >= 11 is 0. The molecule has 128 valence electrons. The van der Waals surface area contributed by atoms with E-state index in [1.165, 1.54) is 12.1 Å². The van der Waals surface area contributed by atoms with Gasteiger partial charge in [0, 0.05) is 25.2 Å². The Labute approximate surface area is 141 Å². The number of amides is 1. The summed E-state index contributed by atoms with van der Waals surface area (Å²) in [5.41, 5.74) is 8.63. The first-order chi connectivity index (χ1) is 11.4. The molecule has 0 aromatic heterocycles. The second-order valence-electron chi connectivity index (χ2n) is 6.02. The monoisotopic (exact) mass is 330 g/mol. The number of aliphatic hydroxyl groups is 1. The standard InChI is InChI=1S/C19H23FN2O2/c1-13-4-3-5-16(10-13)22(9-8-19(21)24)12-18(23)17-7-6-15(20)11-14(17)2/h3-7,10-11,18,23H,8-9,12H2,1-2H3,(H2,21,24). The van der Waals surface area contributed by atoms with E-state index in [4.69, 9.17) is 5.73 Å². The average Bonchev–Trinajstić information content (AvgIpc) is 2.51. The van der Waals surface area contributed by atoms with E-state index in [9.17, 15) is 14.3 Å². The van der Waals surface area contributed by atoms with Crippen LogP contribution in [0.2, 0.25) is 0 Å². The van der Waals surface area contributed by atoms with Crippen LogP contribution in [-0.2, 0) is 4.79 Å². The van der Waals surface area contributed by atoms with Crippen molar-refractivity contribution in [3.63, 3.8) is 0 Å². The maximum absolute atomic E-state index is 13.2. The lowest BCUT2D eigenvalue weighted by Gasteiger charge is -2.28. The third kappa shape index (κ3) is 4.80. The number of benzene rings is 2. The summed E-state index contributed by atoms with van der Waals surface area (Å²) in [7, 11) is 0. The smallest absolute Gasteiger partial charge is 0.219 e. The predicted molar refractivity (Wildman–Crippen MR) is 93.3 cm³/mol. The minimum atomic E-state index is -0.793. The number of primary amides is 1. The van der Waals surface area contributed by atoms with E-state index in [2.05, 4.69) is 0 Å². The lowest BCUT2D eigenvalue weighted by atomic mass is 10.0. The Balaban J connectivity index is 2.21. The Morgan fingerprint density at radius 3 is 2.62 bits per heavy atom. The number of carbonyl (C=O) groups excluding carboxylic acids is 1. The third-order valence-electron chi connectivity index (χ3n) is 3.98. The van der Waals surface area contributed by atoms with Gasteiger partial charge >= 0.3 is 0 Å². The van der Waals surface area contributed by atoms with Crippen LogP contribution in [0.5, 0.6) is 0 Å². The van der Waals surface area contributed by atoms with Gasteiger partial charge in [-0.3, -0.25) is 4.79 Å². The van der Waals surface area contributed by atoms with E-state index < -0.39 is 6.10 Å². The van der Waals surface area contributed by atoms with Gasteiger partial charge in [-0.15, -0.1) is 0 Å². The molecule has 2 aromatic carbocycles. The van der Waals surface area contributed by atoms with Crippen LogP contribution in [0.3, 0.4) is 0 Å². The summed E-state index contributed by atoms with van der Waals surface area (Å²) in [5.74, 6) is -0.715. The number of nitrogens with two attached hydrogens (primary N) is 1. The fraction of sp³-hybridized carbons (Fsp3) is 0.316. The van der Waals surface area contributed by atoms with E-state index in [0.29, 0.717) is 24.2 Å². The molecule has 0 aliphatic carbocycles. The highest BCUT2D eigenvalue weighted by atomic mass is 19.1. The van der Waals surface area contributed by atoms with Crippen molar-refractivity contribution < 1.29 is 14.3 Å². The number of halogens is 1. The lowest BCUT2D eigenvalue weighted by Crippen LogP contribution is -2.32. The molecule has 0 fully saturated rings. The van der Waals surface area contributed by atoms with Gasteiger partial charge in [-0.1, -0.05) is 18.2 Å². The van der Waals surface area contributed by atoms with Crippen LogP contribution >= 0.6 is 0 Å². The van der Waals surface area contributed by atoms with Gasteiger partial charge in [0.1, 0.15) is 5.82 Å². The molecular formula is C19H23FN2O2. The Bertz CT molecular complexity index is 718. The maximum Gasteiger partial charge on any atom is 0.219 e. The summed E-state index contributed by atoms with van der Waals surface area (Å²) < 4.78 is 13.2. The van der Waals surface area contributed by atoms with Gasteiger partial charge in [-0.05, 0) is 54.8 Å². The zero-order valence-corrected chi connectivity index (χ0v) is 14.0. The van der Waals surface area contributed by atoms with Crippen molar-refractivity contribution in [1.29, 1.82) is 0 Å². The van der Waals surface area contributed by atoms with E-state index >= 15 is 0 Å². The van der Waals surface area contributed by atoms with Crippen LogP contribution in [0.15, 0.2) is 42.5 Å². The van der Waals surface area contributed by atoms with Gasteiger partial charge < -0.3 is 15.7 Å². The summed E-state index contributed by atoms with van der Waals surface area (Å²) in [5, 5.41) is 10.6. The first-order valence-corrected chi connectivity index (χ1v) is 7.91. The number of aryl methyl sites for hydroxylation is 2. The summed E-state index contributed by atoms with van der Waals surface area (Å²) in [4.78, 5) is 13.1. The van der Waals surface area contributed by atoms with Crippen molar-refractivity contribution in [1.82, 2.24) is 0 Å². The van der Waals surface area contributed by atoms with E-state index in [1.807, 2.05) is 36.1 Å². The largest absolute Gasteiger partial charge is 0.387 e. The fourth-order valence-electron chi connectivity index (χ4n) is 2.72. The molecule has 0 saturated heterocycles. The molecule has 3 N–H and O–H groups in total. The number of hydrogen-bond donors (Lipinski definition) is 2. The highest BCUT2D eigenvalue weighted by Crippen LogP contribution is 2.23. The van der Waals surface area contributed by atoms with Crippen LogP contribution in [0.4, 0.5) is 10.1 Å². The van der Waals surface area contributed by atoms with Gasteiger partial charge in [0.05, 0.1) is 6.10 Å². The fourth-order valence-corrected chi connectivity index (χ4v) is 2.72. The Morgan fingerprint density at radius 2 is 2.00 bits per heavy atom. The number of rotatable bonds is 7. The van der Waals surface area contributed by atoms with Crippen LogP contribution in [0.25, 0.3) is 0 Å². The van der Waals surface area contributed by atoms with Gasteiger partial charge in [-0.2, -0.15) is 0 Å². The number of carbonyl (C=O) groups is 1. The highest BCUT2D eigenvalue weighted by molar-refractivity contribution is 5.74. The molecule has 0 radical (unpaired) electrons. The van der Waals surface area contributed by atoms with Crippen molar-refractivity contribution in [2.75, 3.05) is 18.0 Å². The molecule has 0 aliphatic heterocycles. The molecule has 1 unspecified atom stereocenters. The average molecular weight is 330 g/mol. The van der Waals surface area contributed by atoms with Gasteiger partial charge in [0.15, 0.2) is 0 Å². The molecule has 0 aliphatic rings. The molecule has 0 bridgehead atoms. The Hall–Kier alpha value is -2.40. The van der Waals surface area contributed by atoms with E-state index in [0.717, 1.165) is 11.3 Å². The minimum absolute atomic E-state index is 0.197. The zero-order valence-electron chi connectivity index (χ0n) is 14.0. The molecule has 24 heavy (non-hydrogen) atoms. The van der Waals surface area contributed by atoms with Crippen molar-refractivity contribution >= 4 is 11.6 Å². The molecule has 0 spiro atoms. The number of hydrogen-bond acceptors (Lipinski definition) is 3. The Morgan fingerprint density at radius 1 is 1.25 bits per heavy atom. The number of nitrogens with zero attached hydrogens (tertiary/aromatic N) is 1. The molecule has 5 heteroatoms. The van der Waals surface area contributed by atoms with E-state index in [-0.39, 0.29) is 18.1 Å². The molecule has 2 rings (SSSR count). The van der Waals surface area contributed by atoms with Crippen LogP contribution in [0, 0.1) is 19.7 Å². The molecule has 4 nitrogen and oxygen atoms in total. The normalized spacial score (nSPS) is 12.0. The van der Waals surface area contributed by atoms with Crippen molar-refractivity contribution in [3.05, 3.63) is 65.0 Å². The molecular weight excluding hydrogens is 307 g/mol. The van der Waals surface area contributed by atoms with Gasteiger partial charge in [0.2, 0.25) is 5.91 Å². The number of anilines is 1. The molecule has 1 amide bonds. The molecule has 0 saturated carbocycles. The Kier molecular flexibility index (Phi) is 5.93. The molecule has 2 aromatic rings. The summed E-state index contributed by atoms with van der Waals surface area (Å²) in [6, 6.07) is 12.2.